The van der Waals surface area contributed by atoms with Crippen molar-refractivity contribution in [3.8, 4) is 11.1 Å². The Morgan fingerprint density at radius 2 is 1.34 bits per heavy atom. The highest BCUT2D eigenvalue weighted by atomic mass is 28.3. The molecule has 245 valence electrons. The quantitative estimate of drug-likeness (QED) is 0.184. The number of rotatable bonds is 11. The van der Waals surface area contributed by atoms with E-state index in [1.165, 1.54) is 53.6 Å². The van der Waals surface area contributed by atoms with Crippen molar-refractivity contribution in [1.82, 2.24) is 4.57 Å². The highest BCUT2D eigenvalue weighted by Crippen LogP contribution is 2.47. The Morgan fingerprint density at radius 3 is 1.84 bits per heavy atom. The summed E-state index contributed by atoms with van der Waals surface area (Å²) >= 11 is 0. The van der Waals surface area contributed by atoms with Crippen molar-refractivity contribution < 1.29 is 4.74 Å². The zero-order chi connectivity index (χ0) is 33.3. The van der Waals surface area contributed by atoms with Crippen molar-refractivity contribution in [3.63, 3.8) is 0 Å². The van der Waals surface area contributed by atoms with E-state index in [0.717, 1.165) is 13.0 Å². The molecule has 1 atom stereocenters. The van der Waals surface area contributed by atoms with Gasteiger partial charge < -0.3 is 9.30 Å². The lowest BCUT2D eigenvalue weighted by Crippen LogP contribution is -2.53. The summed E-state index contributed by atoms with van der Waals surface area (Å²) in [6.07, 6.45) is 7.52. The second-order valence-corrected chi connectivity index (χ2v) is 20.1. The van der Waals surface area contributed by atoms with Gasteiger partial charge in [0.05, 0.1) is 5.60 Å². The second-order valence-electron chi connectivity index (χ2n) is 17.7. The van der Waals surface area contributed by atoms with Crippen molar-refractivity contribution in [1.29, 1.82) is 0 Å². The molecule has 0 spiro atoms. The number of hydrogen-bond acceptors (Lipinski definition) is 2. The van der Waals surface area contributed by atoms with Crippen LogP contribution in [0.5, 0.6) is 0 Å². The van der Waals surface area contributed by atoms with Gasteiger partial charge >= 0.3 is 0 Å². The first-order chi connectivity index (χ1) is 20.1. The predicted octanol–water partition coefficient (Wildman–Crippen LogP) is 11.7. The van der Waals surface area contributed by atoms with Gasteiger partial charge in [0.15, 0.2) is 0 Å². The van der Waals surface area contributed by atoms with E-state index in [4.69, 9.17) is 4.74 Å². The molecule has 0 saturated carbocycles. The number of allylic oxidation sites excluding steroid dienone is 1. The molecule has 0 fully saturated rings. The number of nitrogens with zero attached hydrogens (tertiary/aromatic N) is 1. The molecule has 2 nitrogen and oxygen atoms in total. The van der Waals surface area contributed by atoms with Crippen LogP contribution in [0.25, 0.3) is 17.2 Å². The van der Waals surface area contributed by atoms with Crippen LogP contribution in [0.2, 0.25) is 6.55 Å². The lowest BCUT2D eigenvalue weighted by Gasteiger charge is -2.43. The van der Waals surface area contributed by atoms with E-state index in [9.17, 15) is 0 Å². The molecule has 0 saturated heterocycles. The first-order valence-corrected chi connectivity index (χ1v) is 19.4. The standard InChI is InChI=1S/C41H66NOSi/c1-29(2)35-28-36-33(30-25-31(38(3,4)5)27-32(26-30)39(6,7)8)21-20-22-34(36)37(35)44(15)42(40(9,10)11)23-18-16-17-19-24-43-41(12,13)14/h20-22,25-29,37H,16-19,23-24H2,1-15H3. The molecule has 0 bridgehead atoms. The van der Waals surface area contributed by atoms with Crippen LogP contribution in [0, 0.1) is 5.92 Å². The molecular formula is C41H66NOSi. The first kappa shape index (κ1) is 36.8. The maximum absolute atomic E-state index is 5.96. The van der Waals surface area contributed by atoms with Crippen molar-refractivity contribution in [3.05, 3.63) is 64.2 Å². The van der Waals surface area contributed by atoms with Crippen molar-refractivity contribution >= 4 is 15.0 Å². The molecule has 1 unspecified atom stereocenters. The zero-order valence-corrected chi connectivity index (χ0v) is 32.3. The van der Waals surface area contributed by atoms with Crippen molar-refractivity contribution in [2.75, 3.05) is 13.2 Å². The minimum absolute atomic E-state index is 0.0358. The minimum atomic E-state index is -0.904. The average molecular weight is 617 g/mol. The fraction of sp³-hybridized carbons (Fsp3) is 0.659. The summed E-state index contributed by atoms with van der Waals surface area (Å²) in [5.41, 5.74) is 11.1. The van der Waals surface area contributed by atoms with Crippen molar-refractivity contribution in [2.24, 2.45) is 5.92 Å². The molecule has 0 N–H and O–H groups in total. The van der Waals surface area contributed by atoms with Gasteiger partial charge in [-0.05, 0) is 111 Å². The normalized spacial score (nSPS) is 16.3. The van der Waals surface area contributed by atoms with E-state index in [1.54, 1.807) is 11.1 Å². The average Bonchev–Trinajstić information content (AvgIpc) is 3.27. The highest BCUT2D eigenvalue weighted by molar-refractivity contribution is 6.57. The number of unbranched alkanes of at least 4 members (excludes halogenated alkanes) is 3. The van der Waals surface area contributed by atoms with E-state index in [2.05, 4.69) is 151 Å². The maximum Gasteiger partial charge on any atom is 0.145 e. The summed E-state index contributed by atoms with van der Waals surface area (Å²) in [5.74, 6) is 0.524. The van der Waals surface area contributed by atoms with Crippen LogP contribution < -0.4 is 0 Å². The van der Waals surface area contributed by atoms with Crippen LogP contribution in [0.3, 0.4) is 0 Å². The highest BCUT2D eigenvalue weighted by Gasteiger charge is 2.39. The molecule has 0 aromatic heterocycles. The summed E-state index contributed by atoms with van der Waals surface area (Å²) in [7, 11) is -0.904. The Bertz CT molecular complexity index is 1240. The molecule has 2 aromatic rings. The molecule has 0 amide bonds. The van der Waals surface area contributed by atoms with Gasteiger partial charge in [0.2, 0.25) is 0 Å². The molecule has 1 aliphatic carbocycles. The van der Waals surface area contributed by atoms with Crippen molar-refractivity contribution in [2.45, 2.75) is 157 Å². The van der Waals surface area contributed by atoms with Crippen LogP contribution in [-0.2, 0) is 15.6 Å². The third kappa shape index (κ3) is 9.43. The SMILES string of the molecule is CC(C)C1=Cc2c(-c3cc(C(C)(C)C)cc(C(C)(C)C)c3)cccc2C1[Si](C)N(CCCCCCOC(C)(C)C)C(C)(C)C. The third-order valence-corrected chi connectivity index (χ3v) is 12.4. The van der Waals surface area contributed by atoms with Gasteiger partial charge in [0.1, 0.15) is 8.96 Å². The molecule has 1 aliphatic rings. The summed E-state index contributed by atoms with van der Waals surface area (Å²) in [6, 6.07) is 14.5. The minimum Gasteiger partial charge on any atom is -0.376 e. The van der Waals surface area contributed by atoms with Crippen LogP contribution in [-0.4, -0.2) is 37.8 Å². The number of ether oxygens (including phenoxy) is 1. The molecule has 3 rings (SSSR count). The van der Waals surface area contributed by atoms with E-state index in [-0.39, 0.29) is 22.0 Å². The van der Waals surface area contributed by atoms with Gasteiger partial charge in [-0.2, -0.15) is 0 Å². The molecular weight excluding hydrogens is 551 g/mol. The molecule has 1 radical (unpaired) electrons. The smallest absolute Gasteiger partial charge is 0.145 e. The Labute approximate surface area is 274 Å². The van der Waals surface area contributed by atoms with E-state index in [1.807, 2.05) is 0 Å². The second kappa shape index (κ2) is 14.0. The summed E-state index contributed by atoms with van der Waals surface area (Å²) < 4.78 is 8.85. The molecule has 0 aliphatic heterocycles. The van der Waals surface area contributed by atoms with Gasteiger partial charge in [0.25, 0.3) is 0 Å². The lowest BCUT2D eigenvalue weighted by atomic mass is 9.78. The maximum atomic E-state index is 5.96. The van der Waals surface area contributed by atoms with E-state index < -0.39 is 8.96 Å². The van der Waals surface area contributed by atoms with Crippen LogP contribution in [0.1, 0.15) is 150 Å². The lowest BCUT2D eigenvalue weighted by molar-refractivity contribution is -0.00479. The molecule has 0 heterocycles. The molecule has 44 heavy (non-hydrogen) atoms. The molecule has 2 aromatic carbocycles. The topological polar surface area (TPSA) is 12.5 Å². The van der Waals surface area contributed by atoms with E-state index >= 15 is 0 Å². The van der Waals surface area contributed by atoms with Crippen LogP contribution in [0.4, 0.5) is 0 Å². The molecule has 3 heteroatoms. The van der Waals surface area contributed by atoms with Gasteiger partial charge in [-0.25, -0.2) is 0 Å². The largest absolute Gasteiger partial charge is 0.376 e. The monoisotopic (exact) mass is 616 g/mol. The summed E-state index contributed by atoms with van der Waals surface area (Å²) in [5, 5.41) is 0. The number of benzene rings is 2. The number of fused-ring (bicyclic) bond motifs is 1. The zero-order valence-electron chi connectivity index (χ0n) is 31.3. The van der Waals surface area contributed by atoms with Gasteiger partial charge in [0, 0.05) is 17.7 Å². The fourth-order valence-corrected chi connectivity index (χ4v) is 10.1. The van der Waals surface area contributed by atoms with Gasteiger partial charge in [-0.1, -0.05) is 123 Å². The Hall–Kier alpha value is -1.68. The predicted molar refractivity (Wildman–Crippen MR) is 197 cm³/mol. The van der Waals surface area contributed by atoms with E-state index in [0.29, 0.717) is 11.5 Å². The Morgan fingerprint density at radius 1 is 0.773 bits per heavy atom. The summed E-state index contributed by atoms with van der Waals surface area (Å²) in [6.45, 7) is 37.2. The summed E-state index contributed by atoms with van der Waals surface area (Å²) in [4.78, 5) is 0. The first-order valence-electron chi connectivity index (χ1n) is 17.4. The van der Waals surface area contributed by atoms with Crippen LogP contribution >= 0.6 is 0 Å². The van der Waals surface area contributed by atoms with Gasteiger partial charge in [-0.15, -0.1) is 0 Å². The fourth-order valence-electron chi connectivity index (χ4n) is 6.59. The Kier molecular flexibility index (Phi) is 11.7. The number of hydrogen-bond donors (Lipinski definition) is 0. The van der Waals surface area contributed by atoms with Gasteiger partial charge in [-0.3, -0.25) is 0 Å². The third-order valence-electron chi connectivity index (χ3n) is 9.20. The van der Waals surface area contributed by atoms with Crippen LogP contribution in [0.15, 0.2) is 42.0 Å². The Balaban J connectivity index is 1.96.